The second kappa shape index (κ2) is 6.77. The maximum Gasteiger partial charge on any atom is 0.222 e. The minimum atomic E-state index is 0.0469. The van der Waals surface area contributed by atoms with Crippen LogP contribution in [0.1, 0.15) is 17.3 Å². The molecule has 0 saturated carbocycles. The third-order valence-corrected chi connectivity index (χ3v) is 2.84. The fraction of sp³-hybridized carbons (Fsp3) is 0.267. The lowest BCUT2D eigenvalue weighted by molar-refractivity contribution is 0.101. The number of hydrogen-bond acceptors (Lipinski definition) is 5. The average molecular weight is 271 g/mol. The maximum absolute atomic E-state index is 11.4. The Morgan fingerprint density at radius 1 is 1.25 bits per heavy atom. The highest BCUT2D eigenvalue weighted by molar-refractivity contribution is 5.95. The summed E-state index contributed by atoms with van der Waals surface area (Å²) in [7, 11) is 1.65. The Kier molecular flexibility index (Phi) is 4.79. The normalized spacial score (nSPS) is 10.3. The van der Waals surface area contributed by atoms with Gasteiger partial charge in [0.1, 0.15) is 0 Å². The van der Waals surface area contributed by atoms with E-state index in [1.165, 1.54) is 0 Å². The molecule has 0 saturated heterocycles. The van der Waals surface area contributed by atoms with Crippen LogP contribution in [0.2, 0.25) is 0 Å². The van der Waals surface area contributed by atoms with Gasteiger partial charge in [-0.3, -0.25) is 4.79 Å². The van der Waals surface area contributed by atoms with Crippen molar-refractivity contribution in [2.75, 3.05) is 25.6 Å². The third kappa shape index (κ3) is 3.61. The van der Waals surface area contributed by atoms with Gasteiger partial charge >= 0.3 is 0 Å². The molecule has 0 unspecified atom stereocenters. The first-order chi connectivity index (χ1) is 9.70. The fourth-order valence-corrected chi connectivity index (χ4v) is 1.75. The number of carbonyl (C=O) groups excluding carboxylic acids is 1. The minimum absolute atomic E-state index is 0.0469. The second-order valence-corrected chi connectivity index (χ2v) is 4.35. The number of anilines is 1. The Bertz CT molecular complexity index is 582. The molecule has 0 bridgehead atoms. The van der Waals surface area contributed by atoms with Crippen LogP contribution in [-0.2, 0) is 4.74 Å². The highest BCUT2D eigenvalue weighted by Gasteiger charge is 2.04. The predicted molar refractivity (Wildman–Crippen MR) is 77.8 cm³/mol. The standard InChI is InChI=1S/C15H17N3O2/c1-11(19)12-4-3-5-13(8-12)14-9-17-15(18-10-14)16-6-7-20-2/h3-5,8-10H,6-7H2,1-2H3,(H,16,17,18). The average Bonchev–Trinajstić information content (AvgIpc) is 2.48. The molecule has 1 aromatic heterocycles. The van der Waals surface area contributed by atoms with E-state index >= 15 is 0 Å². The number of nitrogens with zero attached hydrogens (tertiary/aromatic N) is 2. The van der Waals surface area contributed by atoms with Gasteiger partial charge in [-0.15, -0.1) is 0 Å². The second-order valence-electron chi connectivity index (χ2n) is 4.35. The van der Waals surface area contributed by atoms with Crippen molar-refractivity contribution in [1.82, 2.24) is 9.97 Å². The van der Waals surface area contributed by atoms with Crippen LogP contribution in [0.3, 0.4) is 0 Å². The summed E-state index contributed by atoms with van der Waals surface area (Å²) in [5.41, 5.74) is 2.50. The first kappa shape index (κ1) is 14.1. The molecule has 0 amide bonds. The molecule has 2 rings (SSSR count). The van der Waals surface area contributed by atoms with Crippen LogP contribution < -0.4 is 5.32 Å². The van der Waals surface area contributed by atoms with E-state index < -0.39 is 0 Å². The van der Waals surface area contributed by atoms with Crippen LogP contribution in [0.15, 0.2) is 36.7 Å². The number of carbonyl (C=O) groups is 1. The highest BCUT2D eigenvalue weighted by atomic mass is 16.5. The van der Waals surface area contributed by atoms with Gasteiger partial charge in [-0.2, -0.15) is 0 Å². The third-order valence-electron chi connectivity index (χ3n) is 2.84. The van der Waals surface area contributed by atoms with Crippen molar-refractivity contribution >= 4 is 11.7 Å². The Hall–Kier alpha value is -2.27. The molecule has 5 heteroatoms. The van der Waals surface area contributed by atoms with Gasteiger partial charge in [-0.1, -0.05) is 18.2 Å². The van der Waals surface area contributed by atoms with Crippen molar-refractivity contribution in [2.45, 2.75) is 6.92 Å². The molecule has 1 aromatic carbocycles. The van der Waals surface area contributed by atoms with E-state index in [1.54, 1.807) is 32.5 Å². The van der Waals surface area contributed by atoms with Crippen molar-refractivity contribution in [2.24, 2.45) is 0 Å². The number of rotatable bonds is 6. The lowest BCUT2D eigenvalue weighted by Gasteiger charge is -2.06. The van der Waals surface area contributed by atoms with Gasteiger partial charge in [0, 0.05) is 37.2 Å². The van der Waals surface area contributed by atoms with Crippen LogP contribution in [0.25, 0.3) is 11.1 Å². The van der Waals surface area contributed by atoms with E-state index in [0.717, 1.165) is 11.1 Å². The van der Waals surface area contributed by atoms with Gasteiger partial charge < -0.3 is 10.1 Å². The quantitative estimate of drug-likeness (QED) is 0.645. The molecule has 0 aliphatic rings. The number of Topliss-reactive ketones (excluding diaryl/α,β-unsaturated/α-hetero) is 1. The first-order valence-corrected chi connectivity index (χ1v) is 6.37. The van der Waals surface area contributed by atoms with Crippen molar-refractivity contribution in [1.29, 1.82) is 0 Å². The summed E-state index contributed by atoms with van der Waals surface area (Å²) < 4.78 is 4.94. The molecular formula is C15H17N3O2. The number of hydrogen-bond donors (Lipinski definition) is 1. The molecule has 0 aliphatic heterocycles. The maximum atomic E-state index is 11.4. The Morgan fingerprint density at radius 3 is 2.65 bits per heavy atom. The number of aromatic nitrogens is 2. The van der Waals surface area contributed by atoms with Crippen molar-refractivity contribution < 1.29 is 9.53 Å². The zero-order valence-electron chi connectivity index (χ0n) is 11.6. The first-order valence-electron chi connectivity index (χ1n) is 6.37. The molecular weight excluding hydrogens is 254 g/mol. The Balaban J connectivity index is 2.13. The topological polar surface area (TPSA) is 64.1 Å². The summed E-state index contributed by atoms with van der Waals surface area (Å²) >= 11 is 0. The Morgan fingerprint density at radius 2 is 2.00 bits per heavy atom. The lowest BCUT2D eigenvalue weighted by atomic mass is 10.0. The van der Waals surface area contributed by atoms with E-state index in [4.69, 9.17) is 4.74 Å². The van der Waals surface area contributed by atoms with Gasteiger partial charge in [0.15, 0.2) is 5.78 Å². The number of ether oxygens (including phenoxy) is 1. The monoisotopic (exact) mass is 271 g/mol. The molecule has 0 spiro atoms. The van der Waals surface area contributed by atoms with Gasteiger partial charge in [0.05, 0.1) is 6.61 Å². The van der Waals surface area contributed by atoms with E-state index in [1.807, 2.05) is 18.2 Å². The smallest absolute Gasteiger partial charge is 0.222 e. The van der Waals surface area contributed by atoms with Crippen LogP contribution in [0.5, 0.6) is 0 Å². The van der Waals surface area contributed by atoms with Crippen molar-refractivity contribution in [3.8, 4) is 11.1 Å². The molecule has 20 heavy (non-hydrogen) atoms. The fourth-order valence-electron chi connectivity index (χ4n) is 1.75. The molecule has 0 aliphatic carbocycles. The highest BCUT2D eigenvalue weighted by Crippen LogP contribution is 2.19. The zero-order valence-corrected chi connectivity index (χ0v) is 11.6. The van der Waals surface area contributed by atoms with Gasteiger partial charge in [0.2, 0.25) is 5.95 Å². The molecule has 0 atom stereocenters. The van der Waals surface area contributed by atoms with Crippen LogP contribution in [0, 0.1) is 0 Å². The Labute approximate surface area is 118 Å². The summed E-state index contributed by atoms with van der Waals surface area (Å²) in [5, 5.41) is 3.05. The number of ketones is 1. The van der Waals surface area contributed by atoms with Crippen molar-refractivity contribution in [3.63, 3.8) is 0 Å². The van der Waals surface area contributed by atoms with E-state index in [-0.39, 0.29) is 5.78 Å². The molecule has 5 nitrogen and oxygen atoms in total. The minimum Gasteiger partial charge on any atom is -0.383 e. The molecule has 2 aromatic rings. The molecule has 1 N–H and O–H groups in total. The number of nitrogens with one attached hydrogen (secondary N) is 1. The van der Waals surface area contributed by atoms with E-state index in [9.17, 15) is 4.79 Å². The molecule has 0 fully saturated rings. The van der Waals surface area contributed by atoms with Crippen molar-refractivity contribution in [3.05, 3.63) is 42.2 Å². The summed E-state index contributed by atoms with van der Waals surface area (Å²) in [4.78, 5) is 19.9. The molecule has 0 radical (unpaired) electrons. The summed E-state index contributed by atoms with van der Waals surface area (Å²) in [6, 6.07) is 7.44. The van der Waals surface area contributed by atoms with Gasteiger partial charge in [-0.25, -0.2) is 9.97 Å². The largest absolute Gasteiger partial charge is 0.383 e. The summed E-state index contributed by atoms with van der Waals surface area (Å²) in [6.45, 7) is 2.82. The van der Waals surface area contributed by atoms with E-state index in [0.29, 0.717) is 24.7 Å². The van der Waals surface area contributed by atoms with E-state index in [2.05, 4.69) is 15.3 Å². The van der Waals surface area contributed by atoms with Crippen LogP contribution in [-0.4, -0.2) is 36.0 Å². The SMILES string of the molecule is COCCNc1ncc(-c2cccc(C(C)=O)c2)cn1. The van der Waals surface area contributed by atoms with Gasteiger partial charge in [0.25, 0.3) is 0 Å². The number of methoxy groups -OCH3 is 1. The number of benzene rings is 1. The lowest BCUT2D eigenvalue weighted by Crippen LogP contribution is -2.09. The van der Waals surface area contributed by atoms with Crippen LogP contribution in [0.4, 0.5) is 5.95 Å². The predicted octanol–water partition coefficient (Wildman–Crippen LogP) is 2.40. The van der Waals surface area contributed by atoms with Crippen LogP contribution >= 0.6 is 0 Å². The summed E-state index contributed by atoms with van der Waals surface area (Å²) in [6.07, 6.45) is 3.47. The summed E-state index contributed by atoms with van der Waals surface area (Å²) in [5.74, 6) is 0.610. The van der Waals surface area contributed by atoms with Gasteiger partial charge in [-0.05, 0) is 18.6 Å². The molecule has 104 valence electrons. The molecule has 1 heterocycles. The zero-order chi connectivity index (χ0) is 14.4.